The molecule has 0 saturated heterocycles. The molecule has 0 bridgehead atoms. The van der Waals surface area contributed by atoms with Crippen molar-refractivity contribution in [1.82, 2.24) is 0 Å². The van der Waals surface area contributed by atoms with Gasteiger partial charge in [-0.2, -0.15) is 0 Å². The van der Waals surface area contributed by atoms with E-state index in [4.69, 9.17) is 8.85 Å². The maximum absolute atomic E-state index is 8.28. The highest BCUT2D eigenvalue weighted by atomic mass is 28.4. The van der Waals surface area contributed by atoms with Crippen LogP contribution >= 0.6 is 0 Å². The number of benzene rings is 12. The third-order valence-electron chi connectivity index (χ3n) is 14.1. The van der Waals surface area contributed by atoms with Crippen molar-refractivity contribution in [2.45, 2.75) is 0 Å². The minimum atomic E-state index is -4.29. The molecule has 2 heterocycles. The molecule has 0 unspecified atom stereocenters. The first-order chi connectivity index (χ1) is 34.2. The average molecular weight is 899 g/mol. The Balaban J connectivity index is 1.16. The van der Waals surface area contributed by atoms with Crippen LogP contribution in [0.1, 0.15) is 0 Å². The standard InChI is InChI=1S/C64H42N2O2Si/c1-3-15-43(16-4-1)45-27-35-51(36-28-45)65-57-39-31-47-19-7-11-23-53(47)61(57)63-55-25-13-9-21-49(55)33-41-59(63)67-69(65)66(52-37-29-46(30-38-52)44-17-5-2-6-18-44)58-40-32-48-20-8-12-24-54(48)62(58)64-56-26-14-10-22-50(56)34-42-60(64)68-69/h1-42H. The van der Waals surface area contributed by atoms with Gasteiger partial charge in [0.2, 0.25) is 0 Å². The largest absolute Gasteiger partial charge is 0.733 e. The summed E-state index contributed by atoms with van der Waals surface area (Å²) < 4.78 is 21.5. The number of hydrogen-bond acceptors (Lipinski definition) is 4. The summed E-state index contributed by atoms with van der Waals surface area (Å²) in [5.74, 6) is 1.53. The lowest BCUT2D eigenvalue weighted by molar-refractivity contribution is 0.385. The van der Waals surface area contributed by atoms with Gasteiger partial charge in [-0.25, -0.2) is 0 Å². The first-order valence-corrected chi connectivity index (χ1v) is 25.3. The fraction of sp³-hybridized carbons (Fsp3) is 0. The molecule has 0 saturated carbocycles. The molecule has 0 aliphatic carbocycles. The monoisotopic (exact) mass is 898 g/mol. The number of hydrogen-bond donors (Lipinski definition) is 0. The lowest BCUT2D eigenvalue weighted by atomic mass is 9.91. The van der Waals surface area contributed by atoms with E-state index in [0.717, 1.165) is 122 Å². The maximum atomic E-state index is 8.28. The predicted molar refractivity (Wildman–Crippen MR) is 289 cm³/mol. The van der Waals surface area contributed by atoms with Crippen molar-refractivity contribution in [3.05, 3.63) is 255 Å². The molecule has 12 aromatic rings. The second kappa shape index (κ2) is 15.6. The SMILES string of the molecule is c1ccc(-c2ccc(N3c4ccc5ccccc5c4-c4c(ccc5ccccc45)O[Si]34Oc3ccc5ccccc5c3-c3c(ccc5ccccc35)N4c3ccc(-c4ccccc4)cc3)cc2)cc1. The lowest BCUT2D eigenvalue weighted by Gasteiger charge is -2.45. The van der Waals surface area contributed by atoms with Gasteiger partial charge in [0, 0.05) is 45.0 Å². The third kappa shape index (κ3) is 6.14. The lowest BCUT2D eigenvalue weighted by Crippen LogP contribution is -2.72. The molecule has 0 N–H and O–H groups in total. The van der Waals surface area contributed by atoms with Crippen molar-refractivity contribution in [3.8, 4) is 56.0 Å². The van der Waals surface area contributed by atoms with Crippen LogP contribution in [0.3, 0.4) is 0 Å². The molecule has 0 aromatic heterocycles. The van der Waals surface area contributed by atoms with Crippen LogP contribution in [0.15, 0.2) is 255 Å². The van der Waals surface area contributed by atoms with Crippen molar-refractivity contribution in [3.63, 3.8) is 0 Å². The molecular weight excluding hydrogens is 857 g/mol. The Kier molecular flexibility index (Phi) is 8.88. The molecule has 1 spiro atoms. The normalized spacial score (nSPS) is 13.5. The van der Waals surface area contributed by atoms with Crippen molar-refractivity contribution < 1.29 is 8.85 Å². The van der Waals surface area contributed by atoms with Crippen LogP contribution < -0.4 is 18.0 Å². The Morgan fingerprint density at radius 2 is 0.551 bits per heavy atom. The molecule has 324 valence electrons. The van der Waals surface area contributed by atoms with Gasteiger partial charge >= 0.3 is 8.88 Å². The Bertz CT molecular complexity index is 3710. The minimum absolute atomic E-state index is 0.763. The first kappa shape index (κ1) is 39.3. The van der Waals surface area contributed by atoms with Crippen LogP contribution in [0.25, 0.3) is 87.6 Å². The zero-order valence-electron chi connectivity index (χ0n) is 37.5. The van der Waals surface area contributed by atoms with Crippen LogP contribution in [0.2, 0.25) is 0 Å². The average Bonchev–Trinajstić information content (AvgIpc) is 3.63. The zero-order chi connectivity index (χ0) is 45.5. The van der Waals surface area contributed by atoms with Crippen molar-refractivity contribution in [1.29, 1.82) is 0 Å². The minimum Gasteiger partial charge on any atom is -0.480 e. The summed E-state index contributed by atoms with van der Waals surface area (Å²) in [6, 6.07) is 91.9. The molecule has 4 nitrogen and oxygen atoms in total. The molecule has 5 heteroatoms. The number of rotatable bonds is 4. The van der Waals surface area contributed by atoms with Gasteiger partial charge in [0.25, 0.3) is 0 Å². The topological polar surface area (TPSA) is 24.9 Å². The molecule has 0 fully saturated rings. The van der Waals surface area contributed by atoms with E-state index in [9.17, 15) is 0 Å². The fourth-order valence-electron chi connectivity index (χ4n) is 11.0. The third-order valence-corrected chi connectivity index (χ3v) is 17.2. The van der Waals surface area contributed by atoms with Gasteiger partial charge in [0.15, 0.2) is 0 Å². The molecule has 0 amide bonds. The molecule has 0 radical (unpaired) electrons. The molecule has 2 aliphatic rings. The summed E-state index contributed by atoms with van der Waals surface area (Å²) in [6.45, 7) is 0. The van der Waals surface area contributed by atoms with E-state index in [1.165, 1.54) is 0 Å². The van der Waals surface area contributed by atoms with Crippen LogP contribution in [0.5, 0.6) is 11.5 Å². The molecule has 0 atom stereocenters. The number of fused-ring (bicyclic) bond motifs is 14. The summed E-state index contributed by atoms with van der Waals surface area (Å²) in [6.07, 6.45) is 0. The summed E-state index contributed by atoms with van der Waals surface area (Å²) in [7, 11) is -4.29. The zero-order valence-corrected chi connectivity index (χ0v) is 38.5. The van der Waals surface area contributed by atoms with Crippen LogP contribution in [0, 0.1) is 0 Å². The quantitative estimate of drug-likeness (QED) is 0.164. The Morgan fingerprint density at radius 1 is 0.246 bits per heavy atom. The van der Waals surface area contributed by atoms with E-state index < -0.39 is 8.88 Å². The molecule has 69 heavy (non-hydrogen) atoms. The van der Waals surface area contributed by atoms with E-state index in [0.29, 0.717) is 0 Å². The van der Waals surface area contributed by atoms with Crippen molar-refractivity contribution in [2.24, 2.45) is 0 Å². The van der Waals surface area contributed by atoms with Gasteiger partial charge in [-0.3, -0.25) is 9.13 Å². The molecule has 12 aromatic carbocycles. The van der Waals surface area contributed by atoms with Gasteiger partial charge in [0.1, 0.15) is 11.5 Å². The molecular formula is C64H42N2O2Si. The number of anilines is 4. The van der Waals surface area contributed by atoms with E-state index >= 15 is 0 Å². The second-order valence-corrected chi connectivity index (χ2v) is 20.3. The highest BCUT2D eigenvalue weighted by molar-refractivity contribution is 6.80. The number of nitrogens with zero attached hydrogens (tertiary/aromatic N) is 2. The van der Waals surface area contributed by atoms with E-state index in [1.807, 2.05) is 0 Å². The van der Waals surface area contributed by atoms with E-state index in [-0.39, 0.29) is 0 Å². The highest BCUT2D eigenvalue weighted by Crippen LogP contribution is 2.58. The second-order valence-electron chi connectivity index (χ2n) is 17.9. The van der Waals surface area contributed by atoms with Crippen LogP contribution in [0.4, 0.5) is 22.7 Å². The summed E-state index contributed by atoms with van der Waals surface area (Å²) >= 11 is 0. The van der Waals surface area contributed by atoms with Crippen molar-refractivity contribution >= 4 is 74.7 Å². The molecule has 14 rings (SSSR count). The Morgan fingerprint density at radius 3 is 0.928 bits per heavy atom. The van der Waals surface area contributed by atoms with Crippen molar-refractivity contribution in [2.75, 3.05) is 9.13 Å². The predicted octanol–water partition coefficient (Wildman–Crippen LogP) is 17.2. The van der Waals surface area contributed by atoms with E-state index in [1.54, 1.807) is 0 Å². The van der Waals surface area contributed by atoms with Crippen LogP contribution in [-0.2, 0) is 0 Å². The maximum Gasteiger partial charge on any atom is 0.733 e. The van der Waals surface area contributed by atoms with Gasteiger partial charge in [0.05, 0.1) is 0 Å². The van der Waals surface area contributed by atoms with E-state index in [2.05, 4.69) is 264 Å². The highest BCUT2D eigenvalue weighted by Gasteiger charge is 2.64. The first-order valence-electron chi connectivity index (χ1n) is 23.6. The van der Waals surface area contributed by atoms with Gasteiger partial charge in [-0.05, 0) is 114 Å². The van der Waals surface area contributed by atoms with Crippen LogP contribution in [-0.4, -0.2) is 8.88 Å². The Hall–Kier alpha value is -8.90. The summed E-state index contributed by atoms with van der Waals surface area (Å²) in [4.78, 5) is 0. The van der Waals surface area contributed by atoms with Gasteiger partial charge < -0.3 is 8.85 Å². The Labute approximate surface area is 401 Å². The van der Waals surface area contributed by atoms with Gasteiger partial charge in [-0.15, -0.1) is 0 Å². The molecule has 2 aliphatic heterocycles. The smallest absolute Gasteiger partial charge is 0.480 e. The van der Waals surface area contributed by atoms with Gasteiger partial charge in [-0.1, -0.05) is 206 Å². The fourth-order valence-corrected chi connectivity index (χ4v) is 14.4. The summed E-state index contributed by atoms with van der Waals surface area (Å²) in [5, 5.41) is 9.08. The summed E-state index contributed by atoms with van der Waals surface area (Å²) in [5.41, 5.74) is 12.7.